The second kappa shape index (κ2) is 5.91. The third-order valence-corrected chi connectivity index (χ3v) is 3.96. The van der Waals surface area contributed by atoms with Gasteiger partial charge in [-0.1, -0.05) is 0 Å². The summed E-state index contributed by atoms with van der Waals surface area (Å²) >= 11 is 0. The van der Waals surface area contributed by atoms with Crippen LogP contribution in [-0.4, -0.2) is 22.1 Å². The van der Waals surface area contributed by atoms with Gasteiger partial charge < -0.3 is 11.1 Å². The van der Waals surface area contributed by atoms with E-state index in [2.05, 4.69) is 15.5 Å². The first-order chi connectivity index (χ1) is 11.0. The summed E-state index contributed by atoms with van der Waals surface area (Å²) in [5.41, 5.74) is 6.82. The van der Waals surface area contributed by atoms with Gasteiger partial charge in [0.2, 0.25) is 0 Å². The molecule has 0 spiro atoms. The van der Waals surface area contributed by atoms with Crippen molar-refractivity contribution in [3.63, 3.8) is 0 Å². The summed E-state index contributed by atoms with van der Waals surface area (Å²) in [5, 5.41) is 11.0. The van der Waals surface area contributed by atoms with Gasteiger partial charge in [0.1, 0.15) is 5.69 Å². The zero-order valence-corrected chi connectivity index (χ0v) is 12.6. The molecule has 1 aromatic carbocycles. The molecule has 0 radical (unpaired) electrons. The highest BCUT2D eigenvalue weighted by atomic mass is 19.2. The zero-order valence-electron chi connectivity index (χ0n) is 12.6. The van der Waals surface area contributed by atoms with E-state index in [4.69, 9.17) is 5.73 Å². The number of hydrogen-bond acceptors (Lipinski definition) is 4. The number of anilines is 1. The Balaban J connectivity index is 2.14. The molecule has 2 aromatic rings. The van der Waals surface area contributed by atoms with Crippen LogP contribution in [0.5, 0.6) is 0 Å². The average Bonchev–Trinajstić information content (AvgIpc) is 2.46. The number of nitrogens with two attached hydrogens (primary N) is 1. The average molecular weight is 318 g/mol. The molecule has 1 aliphatic carbocycles. The second-order valence-electron chi connectivity index (χ2n) is 5.70. The van der Waals surface area contributed by atoms with E-state index in [1.54, 1.807) is 6.92 Å². The number of hydrogen-bond donors (Lipinski definition) is 2. The Hall–Kier alpha value is -2.57. The van der Waals surface area contributed by atoms with Crippen LogP contribution in [0.4, 0.5) is 14.5 Å². The lowest BCUT2D eigenvalue weighted by molar-refractivity contribution is 0.100. The van der Waals surface area contributed by atoms with E-state index in [0.717, 1.165) is 31.4 Å². The normalized spacial score (nSPS) is 14.4. The van der Waals surface area contributed by atoms with E-state index in [0.29, 0.717) is 11.4 Å². The highest BCUT2D eigenvalue weighted by Gasteiger charge is 2.23. The van der Waals surface area contributed by atoms with Crippen molar-refractivity contribution in [2.45, 2.75) is 32.2 Å². The molecule has 1 saturated carbocycles. The highest BCUT2D eigenvalue weighted by Crippen LogP contribution is 2.34. The SMILES string of the molecule is Cc1cc(C(N)=O)c(-c2cc(F)c(F)cc2NC2CCC2)nn1. The smallest absolute Gasteiger partial charge is 0.251 e. The fourth-order valence-electron chi connectivity index (χ4n) is 2.51. The number of aromatic nitrogens is 2. The molecule has 3 N–H and O–H groups in total. The van der Waals surface area contributed by atoms with E-state index in [1.807, 2.05) is 0 Å². The van der Waals surface area contributed by atoms with Gasteiger partial charge in [0.05, 0.1) is 11.3 Å². The van der Waals surface area contributed by atoms with Crippen LogP contribution in [0.1, 0.15) is 35.3 Å². The number of nitrogens with one attached hydrogen (secondary N) is 1. The summed E-state index contributed by atoms with van der Waals surface area (Å²) in [4.78, 5) is 11.7. The number of aryl methyl sites for hydroxylation is 1. The molecule has 5 nitrogen and oxygen atoms in total. The second-order valence-corrected chi connectivity index (χ2v) is 5.70. The van der Waals surface area contributed by atoms with Crippen molar-refractivity contribution in [2.24, 2.45) is 5.73 Å². The first-order valence-corrected chi connectivity index (χ1v) is 7.36. The van der Waals surface area contributed by atoms with Gasteiger partial charge in [-0.15, -0.1) is 5.10 Å². The summed E-state index contributed by atoms with van der Waals surface area (Å²) in [6.45, 7) is 1.67. The molecule has 3 rings (SSSR count). The molecule has 1 heterocycles. The Morgan fingerprint density at radius 3 is 2.52 bits per heavy atom. The lowest BCUT2D eigenvalue weighted by Crippen LogP contribution is -2.27. The largest absolute Gasteiger partial charge is 0.382 e. The molecule has 1 fully saturated rings. The van der Waals surface area contributed by atoms with Crippen LogP contribution in [0.25, 0.3) is 11.3 Å². The van der Waals surface area contributed by atoms with Crippen molar-refractivity contribution in [3.8, 4) is 11.3 Å². The van der Waals surface area contributed by atoms with Crippen molar-refractivity contribution in [2.75, 3.05) is 5.32 Å². The number of primary amides is 1. The Kier molecular flexibility index (Phi) is 3.94. The van der Waals surface area contributed by atoms with Gasteiger partial charge in [-0.2, -0.15) is 5.10 Å². The predicted octanol–water partition coefficient (Wildman–Crippen LogP) is 2.79. The molecule has 23 heavy (non-hydrogen) atoms. The lowest BCUT2D eigenvalue weighted by Gasteiger charge is -2.28. The third kappa shape index (κ3) is 2.99. The Bertz CT molecular complexity index is 775. The molecular formula is C16H16F2N4O. The van der Waals surface area contributed by atoms with Crippen LogP contribution in [0.15, 0.2) is 18.2 Å². The van der Waals surface area contributed by atoms with Crippen molar-refractivity contribution >= 4 is 11.6 Å². The molecule has 120 valence electrons. The molecule has 1 amide bonds. The number of carbonyl (C=O) groups is 1. The molecule has 1 aromatic heterocycles. The Morgan fingerprint density at radius 2 is 1.91 bits per heavy atom. The fourth-order valence-corrected chi connectivity index (χ4v) is 2.51. The summed E-state index contributed by atoms with van der Waals surface area (Å²) in [7, 11) is 0. The lowest BCUT2D eigenvalue weighted by atomic mass is 9.92. The van der Waals surface area contributed by atoms with Gasteiger partial charge in [0, 0.05) is 23.4 Å². The molecule has 0 atom stereocenters. The van der Waals surface area contributed by atoms with Crippen LogP contribution in [0.2, 0.25) is 0 Å². The van der Waals surface area contributed by atoms with E-state index >= 15 is 0 Å². The van der Waals surface area contributed by atoms with Gasteiger partial charge >= 0.3 is 0 Å². The number of halogens is 2. The van der Waals surface area contributed by atoms with Crippen LogP contribution >= 0.6 is 0 Å². The Morgan fingerprint density at radius 1 is 1.22 bits per heavy atom. The minimum atomic E-state index is -1.02. The predicted molar refractivity (Wildman–Crippen MR) is 81.9 cm³/mol. The molecule has 0 saturated heterocycles. The third-order valence-electron chi connectivity index (χ3n) is 3.96. The van der Waals surface area contributed by atoms with Crippen LogP contribution in [0, 0.1) is 18.6 Å². The number of nitrogens with zero attached hydrogens (tertiary/aromatic N) is 2. The first kappa shape index (κ1) is 15.3. The summed E-state index contributed by atoms with van der Waals surface area (Å²) in [6.07, 6.45) is 3.01. The van der Waals surface area contributed by atoms with Crippen LogP contribution < -0.4 is 11.1 Å². The topological polar surface area (TPSA) is 80.9 Å². The van der Waals surface area contributed by atoms with Crippen LogP contribution in [0.3, 0.4) is 0 Å². The number of benzene rings is 1. The quantitative estimate of drug-likeness (QED) is 0.908. The number of rotatable bonds is 4. The Labute approximate surface area is 131 Å². The molecule has 1 aliphatic rings. The van der Waals surface area contributed by atoms with Crippen molar-refractivity contribution < 1.29 is 13.6 Å². The van der Waals surface area contributed by atoms with Gasteiger partial charge in [-0.3, -0.25) is 4.79 Å². The maximum absolute atomic E-state index is 13.7. The summed E-state index contributed by atoms with van der Waals surface area (Å²) in [6, 6.07) is 3.78. The maximum atomic E-state index is 13.7. The zero-order chi connectivity index (χ0) is 16.6. The molecule has 7 heteroatoms. The van der Waals surface area contributed by atoms with E-state index in [9.17, 15) is 13.6 Å². The standard InChI is InChI=1S/C16H16F2N4O/c1-8-5-11(16(19)23)15(22-21-8)10-6-12(17)13(18)7-14(10)20-9-3-2-4-9/h5-7,9,20H,2-4H2,1H3,(H2,19,23). The highest BCUT2D eigenvalue weighted by molar-refractivity contribution is 6.00. The van der Waals surface area contributed by atoms with Gasteiger partial charge in [-0.25, -0.2) is 8.78 Å². The minimum Gasteiger partial charge on any atom is -0.382 e. The van der Waals surface area contributed by atoms with Gasteiger partial charge in [0.25, 0.3) is 5.91 Å². The summed E-state index contributed by atoms with van der Waals surface area (Å²) < 4.78 is 27.4. The van der Waals surface area contributed by atoms with Crippen LogP contribution in [-0.2, 0) is 0 Å². The van der Waals surface area contributed by atoms with Crippen molar-refractivity contribution in [1.29, 1.82) is 0 Å². The first-order valence-electron chi connectivity index (χ1n) is 7.36. The monoisotopic (exact) mass is 318 g/mol. The van der Waals surface area contributed by atoms with Crippen molar-refractivity contribution in [1.82, 2.24) is 10.2 Å². The van der Waals surface area contributed by atoms with Gasteiger partial charge in [-0.05, 0) is 38.3 Å². The number of amides is 1. The van der Waals surface area contributed by atoms with E-state index in [1.165, 1.54) is 6.07 Å². The summed E-state index contributed by atoms with van der Waals surface area (Å²) in [5.74, 6) is -2.68. The van der Waals surface area contributed by atoms with E-state index in [-0.39, 0.29) is 22.9 Å². The maximum Gasteiger partial charge on any atom is 0.251 e. The fraction of sp³-hybridized carbons (Fsp3) is 0.312. The van der Waals surface area contributed by atoms with Crippen molar-refractivity contribution in [3.05, 3.63) is 41.1 Å². The number of carbonyl (C=O) groups excluding carboxylic acids is 1. The van der Waals surface area contributed by atoms with E-state index < -0.39 is 17.5 Å². The molecule has 0 aliphatic heterocycles. The minimum absolute atomic E-state index is 0.125. The molecule has 0 bridgehead atoms. The van der Waals surface area contributed by atoms with Gasteiger partial charge in [0.15, 0.2) is 11.6 Å². The molecular weight excluding hydrogens is 302 g/mol. The molecule has 0 unspecified atom stereocenters.